The second-order valence-corrected chi connectivity index (χ2v) is 5.13. The minimum Gasteiger partial charge on any atom is -0.493 e. The fourth-order valence-electron chi connectivity index (χ4n) is 2.20. The lowest BCUT2D eigenvalue weighted by atomic mass is 10.00. The molecule has 2 aromatic carbocycles. The normalized spacial score (nSPS) is 11.5. The summed E-state index contributed by atoms with van der Waals surface area (Å²) < 4.78 is 10.3. The van der Waals surface area contributed by atoms with E-state index in [1.54, 1.807) is 37.3 Å². The first-order chi connectivity index (χ1) is 11.5. The van der Waals surface area contributed by atoms with Gasteiger partial charge in [-0.15, -0.1) is 0 Å². The Kier molecular flexibility index (Phi) is 5.36. The van der Waals surface area contributed by atoms with E-state index in [0.29, 0.717) is 22.7 Å². The Bertz CT molecular complexity index is 743. The highest BCUT2D eigenvalue weighted by atomic mass is 16.6. The summed E-state index contributed by atoms with van der Waals surface area (Å²) in [4.78, 5) is 22.6. The summed E-state index contributed by atoms with van der Waals surface area (Å²) in [7, 11) is 3.05. The maximum Gasteiger partial charge on any atom is 0.269 e. The maximum absolute atomic E-state index is 12.4. The van der Waals surface area contributed by atoms with Gasteiger partial charge in [0.15, 0.2) is 11.5 Å². The highest BCUT2D eigenvalue weighted by molar-refractivity contribution is 5.95. The van der Waals surface area contributed by atoms with Gasteiger partial charge >= 0.3 is 0 Å². The van der Waals surface area contributed by atoms with Gasteiger partial charge < -0.3 is 14.8 Å². The Hall–Kier alpha value is -3.09. The average molecular weight is 330 g/mol. The number of non-ortho nitro benzene ring substituents is 1. The molecule has 0 aromatic heterocycles. The van der Waals surface area contributed by atoms with Crippen molar-refractivity contribution in [3.8, 4) is 11.5 Å². The van der Waals surface area contributed by atoms with Gasteiger partial charge in [0.05, 0.1) is 25.1 Å². The van der Waals surface area contributed by atoms with Gasteiger partial charge in [0.25, 0.3) is 5.69 Å². The van der Waals surface area contributed by atoms with Crippen LogP contribution < -0.4 is 14.8 Å². The minimum atomic E-state index is -0.474. The lowest BCUT2D eigenvalue weighted by Gasteiger charge is -2.14. The van der Waals surface area contributed by atoms with Crippen LogP contribution in [0, 0.1) is 10.1 Å². The number of rotatable bonds is 6. The number of nitro benzene ring substituents is 1. The molecule has 0 fully saturated rings. The summed E-state index contributed by atoms with van der Waals surface area (Å²) in [6, 6.07) is 11.0. The van der Waals surface area contributed by atoms with Crippen molar-refractivity contribution in [3.63, 3.8) is 0 Å². The molecule has 0 aliphatic carbocycles. The van der Waals surface area contributed by atoms with Crippen molar-refractivity contribution in [2.24, 2.45) is 0 Å². The third kappa shape index (κ3) is 3.81. The molecule has 1 atom stereocenters. The lowest BCUT2D eigenvalue weighted by molar-refractivity contribution is -0.384. The molecule has 1 N–H and O–H groups in total. The number of amides is 1. The van der Waals surface area contributed by atoms with Gasteiger partial charge in [-0.05, 0) is 24.6 Å². The Morgan fingerprint density at radius 1 is 1.08 bits per heavy atom. The molecule has 0 saturated heterocycles. The molecule has 126 valence electrons. The Balaban J connectivity index is 2.12. The van der Waals surface area contributed by atoms with Gasteiger partial charge in [-0.1, -0.05) is 12.1 Å². The van der Waals surface area contributed by atoms with Crippen LogP contribution in [-0.2, 0) is 4.79 Å². The molecule has 0 aliphatic heterocycles. The fourth-order valence-corrected chi connectivity index (χ4v) is 2.20. The molecule has 0 bridgehead atoms. The van der Waals surface area contributed by atoms with Gasteiger partial charge in [-0.2, -0.15) is 0 Å². The van der Waals surface area contributed by atoms with E-state index < -0.39 is 10.8 Å². The summed E-state index contributed by atoms with van der Waals surface area (Å²) >= 11 is 0. The molecule has 24 heavy (non-hydrogen) atoms. The molecular formula is C17H18N2O5. The summed E-state index contributed by atoms with van der Waals surface area (Å²) in [6.07, 6.45) is 0. The summed E-state index contributed by atoms with van der Waals surface area (Å²) in [6.45, 7) is 1.73. The molecule has 2 rings (SSSR count). The van der Waals surface area contributed by atoms with E-state index in [-0.39, 0.29) is 11.6 Å². The highest BCUT2D eigenvalue weighted by Gasteiger charge is 2.17. The molecule has 0 spiro atoms. The van der Waals surface area contributed by atoms with Crippen molar-refractivity contribution < 1.29 is 19.2 Å². The number of methoxy groups -OCH3 is 2. The second-order valence-electron chi connectivity index (χ2n) is 5.13. The summed E-state index contributed by atoms with van der Waals surface area (Å²) in [5, 5.41) is 13.5. The van der Waals surface area contributed by atoms with E-state index in [0.717, 1.165) is 0 Å². The van der Waals surface area contributed by atoms with E-state index in [2.05, 4.69) is 5.32 Å². The van der Waals surface area contributed by atoms with Crippen molar-refractivity contribution >= 4 is 17.3 Å². The zero-order chi connectivity index (χ0) is 17.7. The number of nitrogens with one attached hydrogen (secondary N) is 1. The Labute approximate surface area is 139 Å². The second kappa shape index (κ2) is 7.45. The standard InChI is InChI=1S/C17H18N2O5/c1-11(12-4-7-14(8-5-12)19(21)22)17(20)18-13-6-9-15(23-2)16(10-13)24-3/h4-11H,1-3H3,(H,18,20). The molecule has 0 radical (unpaired) electrons. The quantitative estimate of drug-likeness (QED) is 0.648. The molecular weight excluding hydrogens is 312 g/mol. The molecule has 0 aliphatic rings. The van der Waals surface area contributed by atoms with Crippen LogP contribution in [0.5, 0.6) is 11.5 Å². The van der Waals surface area contributed by atoms with E-state index in [1.807, 2.05) is 0 Å². The number of anilines is 1. The zero-order valence-electron chi connectivity index (χ0n) is 13.6. The molecule has 7 nitrogen and oxygen atoms in total. The van der Waals surface area contributed by atoms with E-state index >= 15 is 0 Å². The smallest absolute Gasteiger partial charge is 0.269 e. The molecule has 1 amide bonds. The van der Waals surface area contributed by atoms with Crippen LogP contribution in [-0.4, -0.2) is 25.1 Å². The first-order valence-corrected chi connectivity index (χ1v) is 7.23. The number of hydrogen-bond acceptors (Lipinski definition) is 5. The number of carbonyl (C=O) groups excluding carboxylic acids is 1. The number of carbonyl (C=O) groups is 1. The van der Waals surface area contributed by atoms with Crippen LogP contribution in [0.4, 0.5) is 11.4 Å². The summed E-state index contributed by atoms with van der Waals surface area (Å²) in [5.74, 6) is 0.396. The van der Waals surface area contributed by atoms with E-state index in [1.165, 1.54) is 26.4 Å². The van der Waals surface area contributed by atoms with E-state index in [9.17, 15) is 14.9 Å². The van der Waals surface area contributed by atoms with Crippen molar-refractivity contribution in [1.29, 1.82) is 0 Å². The number of ether oxygens (including phenoxy) is 2. The number of benzene rings is 2. The van der Waals surface area contributed by atoms with Crippen LogP contribution in [0.3, 0.4) is 0 Å². The van der Waals surface area contributed by atoms with Crippen molar-refractivity contribution in [2.45, 2.75) is 12.8 Å². The maximum atomic E-state index is 12.4. The molecule has 2 aromatic rings. The Morgan fingerprint density at radius 3 is 2.25 bits per heavy atom. The van der Waals surface area contributed by atoms with Gasteiger partial charge in [0, 0.05) is 23.9 Å². The molecule has 0 heterocycles. The SMILES string of the molecule is COc1ccc(NC(=O)C(C)c2ccc([N+](=O)[O-])cc2)cc1OC. The van der Waals surface area contributed by atoms with Gasteiger partial charge in [0.2, 0.25) is 5.91 Å². The van der Waals surface area contributed by atoms with Gasteiger partial charge in [0.1, 0.15) is 0 Å². The first-order valence-electron chi connectivity index (χ1n) is 7.23. The predicted octanol–water partition coefficient (Wildman–Crippen LogP) is 3.35. The third-order valence-electron chi connectivity index (χ3n) is 3.65. The van der Waals surface area contributed by atoms with E-state index in [4.69, 9.17) is 9.47 Å². The molecule has 7 heteroatoms. The topological polar surface area (TPSA) is 90.7 Å². The van der Waals surface area contributed by atoms with Crippen LogP contribution in [0.2, 0.25) is 0 Å². The Morgan fingerprint density at radius 2 is 1.71 bits per heavy atom. The largest absolute Gasteiger partial charge is 0.493 e. The zero-order valence-corrected chi connectivity index (χ0v) is 13.6. The van der Waals surface area contributed by atoms with Crippen LogP contribution in [0.1, 0.15) is 18.4 Å². The van der Waals surface area contributed by atoms with Crippen LogP contribution in [0.15, 0.2) is 42.5 Å². The van der Waals surface area contributed by atoms with Gasteiger partial charge in [-0.25, -0.2) is 0 Å². The first kappa shape index (κ1) is 17.3. The number of nitro groups is 1. The predicted molar refractivity (Wildman–Crippen MR) is 89.7 cm³/mol. The van der Waals surface area contributed by atoms with Crippen molar-refractivity contribution in [3.05, 3.63) is 58.1 Å². The minimum absolute atomic E-state index is 0.00810. The molecule has 0 saturated carbocycles. The van der Waals surface area contributed by atoms with Crippen molar-refractivity contribution in [2.75, 3.05) is 19.5 Å². The third-order valence-corrected chi connectivity index (χ3v) is 3.65. The number of hydrogen-bond donors (Lipinski definition) is 1. The monoisotopic (exact) mass is 330 g/mol. The van der Waals surface area contributed by atoms with Crippen LogP contribution in [0.25, 0.3) is 0 Å². The van der Waals surface area contributed by atoms with Crippen molar-refractivity contribution in [1.82, 2.24) is 0 Å². The average Bonchev–Trinajstić information content (AvgIpc) is 2.60. The summed E-state index contributed by atoms with van der Waals surface area (Å²) in [5.41, 5.74) is 1.26. The van der Waals surface area contributed by atoms with Crippen LogP contribution >= 0.6 is 0 Å². The van der Waals surface area contributed by atoms with Gasteiger partial charge in [-0.3, -0.25) is 14.9 Å². The highest BCUT2D eigenvalue weighted by Crippen LogP contribution is 2.30. The fraction of sp³-hybridized carbons (Fsp3) is 0.235. The lowest BCUT2D eigenvalue weighted by Crippen LogP contribution is -2.18. The molecule has 1 unspecified atom stereocenters. The number of nitrogens with zero attached hydrogens (tertiary/aromatic N) is 1.